The van der Waals surface area contributed by atoms with Crippen LogP contribution in [0.3, 0.4) is 0 Å². The molecule has 1 N–H and O–H groups in total. The average molecular weight is 254 g/mol. The first-order valence-corrected chi connectivity index (χ1v) is 6.16. The molecule has 102 valence electrons. The predicted octanol–water partition coefficient (Wildman–Crippen LogP) is 4.39. The number of unbranched alkanes of at least 4 members (excludes halogenated alkanes) is 3. The van der Waals surface area contributed by atoms with Gasteiger partial charge in [-0.05, 0) is 19.3 Å². The summed E-state index contributed by atoms with van der Waals surface area (Å²) in [6.45, 7) is 1.93. The van der Waals surface area contributed by atoms with E-state index in [2.05, 4.69) is 0 Å². The maximum Gasteiger partial charge on any atom is 0.389 e. The molecule has 0 bridgehead atoms. The van der Waals surface area contributed by atoms with E-state index in [0.717, 1.165) is 6.42 Å². The standard InChI is InChI=1S/C12H21F3O2/c1-2-7-10(11(16)17)8-5-3-4-6-9-12(13,14)15/h10H,2-9H2,1H3,(H,16,17). The first-order chi connectivity index (χ1) is 7.87. The van der Waals surface area contributed by atoms with E-state index in [4.69, 9.17) is 5.11 Å². The lowest BCUT2D eigenvalue weighted by atomic mass is 9.96. The van der Waals surface area contributed by atoms with Gasteiger partial charge < -0.3 is 5.11 Å². The third-order valence-electron chi connectivity index (χ3n) is 2.75. The molecule has 0 aliphatic carbocycles. The summed E-state index contributed by atoms with van der Waals surface area (Å²) < 4.78 is 35.5. The van der Waals surface area contributed by atoms with Crippen molar-refractivity contribution in [3.8, 4) is 0 Å². The highest BCUT2D eigenvalue weighted by molar-refractivity contribution is 5.69. The monoisotopic (exact) mass is 254 g/mol. The normalized spacial score (nSPS) is 13.6. The Morgan fingerprint density at radius 3 is 2.18 bits per heavy atom. The van der Waals surface area contributed by atoms with E-state index in [0.29, 0.717) is 32.1 Å². The summed E-state index contributed by atoms with van der Waals surface area (Å²) >= 11 is 0. The van der Waals surface area contributed by atoms with Gasteiger partial charge in [-0.2, -0.15) is 13.2 Å². The lowest BCUT2D eigenvalue weighted by Gasteiger charge is -2.10. The highest BCUT2D eigenvalue weighted by atomic mass is 19.4. The van der Waals surface area contributed by atoms with Crippen LogP contribution in [0, 0.1) is 5.92 Å². The van der Waals surface area contributed by atoms with Crippen molar-refractivity contribution in [3.63, 3.8) is 0 Å². The van der Waals surface area contributed by atoms with E-state index < -0.39 is 18.6 Å². The van der Waals surface area contributed by atoms with Gasteiger partial charge in [-0.3, -0.25) is 4.79 Å². The summed E-state index contributed by atoms with van der Waals surface area (Å²) in [6, 6.07) is 0. The summed E-state index contributed by atoms with van der Waals surface area (Å²) in [4.78, 5) is 10.8. The molecule has 1 atom stereocenters. The molecule has 0 aromatic heterocycles. The minimum atomic E-state index is -4.06. The fourth-order valence-electron chi connectivity index (χ4n) is 1.81. The number of rotatable bonds is 9. The number of halogens is 3. The number of carboxylic acid groups (broad SMARTS) is 1. The van der Waals surface area contributed by atoms with Crippen LogP contribution in [0.1, 0.15) is 58.3 Å². The Kier molecular flexibility index (Phi) is 8.00. The molecule has 0 aliphatic heterocycles. The van der Waals surface area contributed by atoms with Crippen LogP contribution in [0.25, 0.3) is 0 Å². The molecule has 0 saturated heterocycles. The van der Waals surface area contributed by atoms with E-state index in [1.807, 2.05) is 6.92 Å². The number of carbonyl (C=O) groups is 1. The summed E-state index contributed by atoms with van der Waals surface area (Å²) in [7, 11) is 0. The largest absolute Gasteiger partial charge is 0.481 e. The van der Waals surface area contributed by atoms with Crippen LogP contribution < -0.4 is 0 Å². The molecule has 0 heterocycles. The lowest BCUT2D eigenvalue weighted by Crippen LogP contribution is -2.13. The maximum absolute atomic E-state index is 11.8. The van der Waals surface area contributed by atoms with Crippen molar-refractivity contribution in [2.75, 3.05) is 0 Å². The third-order valence-corrected chi connectivity index (χ3v) is 2.75. The Morgan fingerprint density at radius 2 is 1.71 bits per heavy atom. The van der Waals surface area contributed by atoms with Gasteiger partial charge in [-0.15, -0.1) is 0 Å². The average Bonchev–Trinajstić information content (AvgIpc) is 2.19. The summed E-state index contributed by atoms with van der Waals surface area (Å²) in [5.41, 5.74) is 0. The molecular weight excluding hydrogens is 233 g/mol. The molecule has 0 fully saturated rings. The summed E-state index contributed by atoms with van der Waals surface area (Å²) in [5, 5.41) is 8.86. The van der Waals surface area contributed by atoms with Crippen LogP contribution in [0.2, 0.25) is 0 Å². The van der Waals surface area contributed by atoms with Crippen LogP contribution >= 0.6 is 0 Å². The number of carboxylic acids is 1. The van der Waals surface area contributed by atoms with E-state index in [1.165, 1.54) is 0 Å². The Balaban J connectivity index is 3.52. The zero-order chi connectivity index (χ0) is 13.3. The fraction of sp³-hybridized carbons (Fsp3) is 0.917. The fourth-order valence-corrected chi connectivity index (χ4v) is 1.81. The summed E-state index contributed by atoms with van der Waals surface area (Å²) in [5.74, 6) is -1.12. The molecule has 0 radical (unpaired) electrons. The Bertz CT molecular complexity index is 214. The zero-order valence-electron chi connectivity index (χ0n) is 10.2. The molecule has 0 rings (SSSR count). The van der Waals surface area contributed by atoms with E-state index in [1.54, 1.807) is 0 Å². The molecule has 1 unspecified atom stereocenters. The number of alkyl halides is 3. The van der Waals surface area contributed by atoms with E-state index in [-0.39, 0.29) is 12.3 Å². The lowest BCUT2D eigenvalue weighted by molar-refractivity contribution is -0.142. The van der Waals surface area contributed by atoms with Crippen molar-refractivity contribution >= 4 is 5.97 Å². The quantitative estimate of drug-likeness (QED) is 0.619. The van der Waals surface area contributed by atoms with Crippen molar-refractivity contribution in [1.29, 1.82) is 0 Å². The predicted molar refractivity (Wildman–Crippen MR) is 59.8 cm³/mol. The van der Waals surface area contributed by atoms with Gasteiger partial charge in [-0.25, -0.2) is 0 Å². The van der Waals surface area contributed by atoms with Crippen LogP contribution in [0.15, 0.2) is 0 Å². The highest BCUT2D eigenvalue weighted by Gasteiger charge is 2.25. The van der Waals surface area contributed by atoms with Gasteiger partial charge in [0, 0.05) is 6.42 Å². The third kappa shape index (κ3) is 10.1. The van der Waals surface area contributed by atoms with Crippen LogP contribution in [0.5, 0.6) is 0 Å². The second-order valence-electron chi connectivity index (χ2n) is 4.39. The van der Waals surface area contributed by atoms with Gasteiger partial charge in [0.2, 0.25) is 0 Å². The minimum absolute atomic E-state index is 0.148. The van der Waals surface area contributed by atoms with Gasteiger partial charge in [0.15, 0.2) is 0 Å². The van der Waals surface area contributed by atoms with Crippen molar-refractivity contribution in [2.45, 2.75) is 64.5 Å². The molecule has 2 nitrogen and oxygen atoms in total. The molecular formula is C12H21F3O2. The van der Waals surface area contributed by atoms with Crippen molar-refractivity contribution in [2.24, 2.45) is 5.92 Å². The Labute approximate surface area is 100 Å². The SMILES string of the molecule is CCCC(CCCCCCC(F)(F)F)C(=O)O. The van der Waals surface area contributed by atoms with Crippen LogP contribution in [-0.2, 0) is 4.79 Å². The van der Waals surface area contributed by atoms with Gasteiger partial charge >= 0.3 is 12.1 Å². The zero-order valence-corrected chi connectivity index (χ0v) is 10.2. The first kappa shape index (κ1) is 16.3. The summed E-state index contributed by atoms with van der Waals surface area (Å²) in [6.07, 6.45) is -0.681. The van der Waals surface area contributed by atoms with Gasteiger partial charge in [0.05, 0.1) is 5.92 Å². The molecule has 0 spiro atoms. The Hall–Kier alpha value is -0.740. The first-order valence-electron chi connectivity index (χ1n) is 6.16. The molecule has 5 heteroatoms. The molecule has 0 aromatic rings. The van der Waals surface area contributed by atoms with Gasteiger partial charge in [0.25, 0.3) is 0 Å². The molecule has 0 aromatic carbocycles. The van der Waals surface area contributed by atoms with Crippen molar-refractivity contribution in [1.82, 2.24) is 0 Å². The minimum Gasteiger partial charge on any atom is -0.481 e. The Morgan fingerprint density at radius 1 is 1.12 bits per heavy atom. The topological polar surface area (TPSA) is 37.3 Å². The van der Waals surface area contributed by atoms with Crippen molar-refractivity contribution < 1.29 is 23.1 Å². The molecule has 0 aliphatic rings. The van der Waals surface area contributed by atoms with Crippen LogP contribution in [0.4, 0.5) is 13.2 Å². The number of hydrogen-bond acceptors (Lipinski definition) is 1. The molecule has 0 saturated carbocycles. The number of aliphatic carboxylic acids is 1. The molecule has 0 amide bonds. The van der Waals surface area contributed by atoms with Gasteiger partial charge in [0.1, 0.15) is 0 Å². The second kappa shape index (κ2) is 8.37. The second-order valence-corrected chi connectivity index (χ2v) is 4.39. The maximum atomic E-state index is 11.8. The van der Waals surface area contributed by atoms with Crippen molar-refractivity contribution in [3.05, 3.63) is 0 Å². The molecule has 17 heavy (non-hydrogen) atoms. The highest BCUT2D eigenvalue weighted by Crippen LogP contribution is 2.23. The van der Waals surface area contributed by atoms with E-state index in [9.17, 15) is 18.0 Å². The number of hydrogen-bond donors (Lipinski definition) is 1. The smallest absolute Gasteiger partial charge is 0.389 e. The van der Waals surface area contributed by atoms with Crippen LogP contribution in [-0.4, -0.2) is 17.3 Å². The van der Waals surface area contributed by atoms with E-state index >= 15 is 0 Å². The van der Waals surface area contributed by atoms with Gasteiger partial charge in [-0.1, -0.05) is 32.6 Å².